The number of piperazine rings is 1. The third kappa shape index (κ3) is 3.21. The first kappa shape index (κ1) is 18.3. The van der Waals surface area contributed by atoms with E-state index in [1.54, 1.807) is 6.20 Å². The molecule has 2 aliphatic rings. The Bertz CT molecular complexity index is 1100. The van der Waals surface area contributed by atoms with E-state index in [2.05, 4.69) is 42.3 Å². The van der Waals surface area contributed by atoms with Crippen LogP contribution in [0.15, 0.2) is 30.6 Å². The predicted molar refractivity (Wildman–Crippen MR) is 113 cm³/mol. The smallest absolute Gasteiger partial charge is 0.255 e. The monoisotopic (exact) mass is 389 g/mol. The number of hydrogen-bond donors (Lipinski definition) is 1. The third-order valence-corrected chi connectivity index (χ3v) is 6.15. The number of pyridine rings is 1. The fraction of sp³-hybridized carbons (Fsp3) is 0.435. The minimum atomic E-state index is -0.0743. The van der Waals surface area contributed by atoms with Gasteiger partial charge < -0.3 is 14.8 Å². The number of imidazole rings is 1. The van der Waals surface area contributed by atoms with Gasteiger partial charge in [0.15, 0.2) is 0 Å². The van der Waals surface area contributed by atoms with Crippen molar-refractivity contribution in [3.8, 4) is 0 Å². The number of hydrogen-bond acceptors (Lipinski definition) is 4. The van der Waals surface area contributed by atoms with Crippen molar-refractivity contribution in [3.05, 3.63) is 58.8 Å². The number of carbonyl (C=O) groups is 1. The Labute approximate surface area is 171 Å². The van der Waals surface area contributed by atoms with Gasteiger partial charge in [0.05, 0.1) is 11.1 Å². The summed E-state index contributed by atoms with van der Waals surface area (Å²) in [5, 5.41) is 4.39. The van der Waals surface area contributed by atoms with Crippen molar-refractivity contribution >= 4 is 16.8 Å². The molecule has 0 bridgehead atoms. The van der Waals surface area contributed by atoms with Crippen molar-refractivity contribution in [2.75, 3.05) is 19.6 Å². The van der Waals surface area contributed by atoms with Crippen LogP contribution < -0.4 is 5.32 Å². The van der Waals surface area contributed by atoms with Gasteiger partial charge in [0.25, 0.3) is 5.91 Å². The van der Waals surface area contributed by atoms with Crippen LogP contribution in [-0.4, -0.2) is 45.0 Å². The molecule has 1 unspecified atom stereocenters. The van der Waals surface area contributed by atoms with E-state index >= 15 is 0 Å². The summed E-state index contributed by atoms with van der Waals surface area (Å²) in [6.07, 6.45) is 6.07. The summed E-state index contributed by atoms with van der Waals surface area (Å²) < 4.78 is 2.01. The Kier molecular flexibility index (Phi) is 4.39. The zero-order valence-electron chi connectivity index (χ0n) is 17.3. The number of nitrogens with zero attached hydrogens (tertiary/aromatic N) is 4. The first-order valence-electron chi connectivity index (χ1n) is 10.4. The Morgan fingerprint density at radius 1 is 1.21 bits per heavy atom. The second-order valence-corrected chi connectivity index (χ2v) is 8.46. The third-order valence-electron chi connectivity index (χ3n) is 6.15. The van der Waals surface area contributed by atoms with Gasteiger partial charge in [-0.2, -0.15) is 0 Å². The summed E-state index contributed by atoms with van der Waals surface area (Å²) in [4.78, 5) is 25.3. The van der Waals surface area contributed by atoms with Crippen LogP contribution in [-0.2, 0) is 7.05 Å². The highest BCUT2D eigenvalue weighted by Crippen LogP contribution is 2.41. The van der Waals surface area contributed by atoms with Crippen LogP contribution in [0, 0.1) is 13.8 Å². The topological polar surface area (TPSA) is 63.1 Å². The molecule has 1 aliphatic heterocycles. The van der Waals surface area contributed by atoms with E-state index in [9.17, 15) is 4.79 Å². The van der Waals surface area contributed by atoms with Gasteiger partial charge in [0.2, 0.25) is 0 Å². The molecule has 29 heavy (non-hydrogen) atoms. The zero-order valence-corrected chi connectivity index (χ0v) is 17.3. The highest BCUT2D eigenvalue weighted by Gasteiger charge is 2.33. The first-order valence-corrected chi connectivity index (χ1v) is 10.4. The van der Waals surface area contributed by atoms with Crippen LogP contribution in [0.25, 0.3) is 10.9 Å². The maximum Gasteiger partial charge on any atom is 0.255 e. The molecule has 2 fully saturated rings. The van der Waals surface area contributed by atoms with Gasteiger partial charge in [0.1, 0.15) is 11.9 Å². The molecule has 5 rings (SSSR count). The number of rotatable bonds is 3. The van der Waals surface area contributed by atoms with Crippen molar-refractivity contribution < 1.29 is 4.79 Å². The van der Waals surface area contributed by atoms with Crippen molar-refractivity contribution in [2.45, 2.75) is 38.6 Å². The maximum atomic E-state index is 13.9. The summed E-state index contributed by atoms with van der Waals surface area (Å²) in [7, 11) is 1.99. The molecule has 0 spiro atoms. The molecule has 1 N–H and O–H groups in total. The lowest BCUT2D eigenvalue weighted by Crippen LogP contribution is -2.49. The molecule has 1 saturated carbocycles. The minimum absolute atomic E-state index is 0.0743. The average Bonchev–Trinajstić information content (AvgIpc) is 3.48. The van der Waals surface area contributed by atoms with E-state index in [-0.39, 0.29) is 11.9 Å². The molecule has 2 aromatic heterocycles. The van der Waals surface area contributed by atoms with Crippen molar-refractivity contribution in [3.63, 3.8) is 0 Å². The highest BCUT2D eigenvalue weighted by atomic mass is 16.2. The van der Waals surface area contributed by atoms with Crippen LogP contribution in [0.2, 0.25) is 0 Å². The highest BCUT2D eigenvalue weighted by molar-refractivity contribution is 6.07. The molecular weight excluding hydrogens is 362 g/mol. The standard InChI is InChI=1S/C23H27N5O/c1-14-10-15(2)21-17(11-14)18(12-19(26-21)16-4-5-16)23(29)28-9-6-24-13-20(28)22-25-7-8-27(22)3/h7-8,10-12,16,20,24H,4-6,9,13H2,1-3H3. The van der Waals surface area contributed by atoms with E-state index < -0.39 is 0 Å². The van der Waals surface area contributed by atoms with Crippen LogP contribution in [0.5, 0.6) is 0 Å². The van der Waals surface area contributed by atoms with Gasteiger partial charge in [-0.25, -0.2) is 4.98 Å². The number of aryl methyl sites for hydroxylation is 3. The molecular formula is C23H27N5O. The van der Waals surface area contributed by atoms with Crippen molar-refractivity contribution in [1.29, 1.82) is 0 Å². The minimum Gasteiger partial charge on any atom is -0.336 e. The fourth-order valence-electron chi connectivity index (χ4n) is 4.50. The summed E-state index contributed by atoms with van der Waals surface area (Å²) >= 11 is 0. The lowest BCUT2D eigenvalue weighted by molar-refractivity contribution is 0.0622. The van der Waals surface area contributed by atoms with Gasteiger partial charge in [0, 0.05) is 56.1 Å². The van der Waals surface area contributed by atoms with Gasteiger partial charge in [-0.15, -0.1) is 0 Å². The van der Waals surface area contributed by atoms with Gasteiger partial charge in [-0.3, -0.25) is 9.78 Å². The van der Waals surface area contributed by atoms with E-state index in [4.69, 9.17) is 4.98 Å². The van der Waals surface area contributed by atoms with Gasteiger partial charge in [-0.05, 0) is 44.4 Å². The number of amides is 1. The molecule has 0 radical (unpaired) electrons. The average molecular weight is 390 g/mol. The molecule has 1 saturated heterocycles. The Morgan fingerprint density at radius 2 is 2.03 bits per heavy atom. The Balaban J connectivity index is 1.63. The lowest BCUT2D eigenvalue weighted by atomic mass is 9.99. The van der Waals surface area contributed by atoms with Gasteiger partial charge >= 0.3 is 0 Å². The SMILES string of the molecule is Cc1cc(C)c2nc(C3CC3)cc(C(=O)N3CCNCC3c3nccn3C)c2c1. The number of aromatic nitrogens is 3. The summed E-state index contributed by atoms with van der Waals surface area (Å²) in [6, 6.07) is 6.24. The number of fused-ring (bicyclic) bond motifs is 1. The molecule has 6 heteroatoms. The Morgan fingerprint density at radius 3 is 2.76 bits per heavy atom. The van der Waals surface area contributed by atoms with E-state index in [0.29, 0.717) is 19.0 Å². The quantitative estimate of drug-likeness (QED) is 0.747. The number of nitrogens with one attached hydrogen (secondary N) is 1. The summed E-state index contributed by atoms with van der Waals surface area (Å²) in [5.41, 5.74) is 5.11. The van der Waals surface area contributed by atoms with Gasteiger partial charge in [-0.1, -0.05) is 11.6 Å². The normalized spacial score (nSPS) is 19.7. The molecule has 150 valence electrons. The van der Waals surface area contributed by atoms with E-state index in [1.165, 1.54) is 12.8 Å². The fourth-order valence-corrected chi connectivity index (χ4v) is 4.50. The largest absolute Gasteiger partial charge is 0.336 e. The van der Waals surface area contributed by atoms with E-state index in [1.807, 2.05) is 22.7 Å². The molecule has 1 aromatic carbocycles. The maximum absolute atomic E-state index is 13.9. The van der Waals surface area contributed by atoms with Crippen molar-refractivity contribution in [2.24, 2.45) is 7.05 Å². The molecule has 3 heterocycles. The molecule has 1 atom stereocenters. The summed E-state index contributed by atoms with van der Waals surface area (Å²) in [5.74, 6) is 1.50. The molecule has 1 amide bonds. The lowest BCUT2D eigenvalue weighted by Gasteiger charge is -2.36. The van der Waals surface area contributed by atoms with Crippen molar-refractivity contribution in [1.82, 2.24) is 24.8 Å². The second kappa shape index (κ2) is 6.95. The number of carbonyl (C=O) groups excluding carboxylic acids is 1. The summed E-state index contributed by atoms with van der Waals surface area (Å²) in [6.45, 7) is 6.35. The van der Waals surface area contributed by atoms with Crippen LogP contribution in [0.1, 0.15) is 57.8 Å². The van der Waals surface area contributed by atoms with Crippen LogP contribution >= 0.6 is 0 Å². The zero-order chi connectivity index (χ0) is 20.1. The first-order chi connectivity index (χ1) is 14.0. The van der Waals surface area contributed by atoms with Crippen LogP contribution in [0.3, 0.4) is 0 Å². The number of benzene rings is 1. The predicted octanol–water partition coefficient (Wildman–Crippen LogP) is 3.25. The van der Waals surface area contributed by atoms with Crippen LogP contribution in [0.4, 0.5) is 0 Å². The molecule has 1 aliphatic carbocycles. The Hall–Kier alpha value is -2.73. The molecule has 6 nitrogen and oxygen atoms in total. The van der Waals surface area contributed by atoms with E-state index in [0.717, 1.165) is 45.7 Å². The second-order valence-electron chi connectivity index (χ2n) is 8.46. The molecule has 3 aromatic rings.